The van der Waals surface area contributed by atoms with Gasteiger partial charge in [0, 0.05) is 18.9 Å². The Labute approximate surface area is 111 Å². The van der Waals surface area contributed by atoms with E-state index in [1.54, 1.807) is 12.4 Å². The SMILES string of the molecule is COC(=O)C1(C(=O)NCCc2cccnc2)COC1. The van der Waals surface area contributed by atoms with Gasteiger partial charge in [0.2, 0.25) is 5.91 Å². The van der Waals surface area contributed by atoms with Crippen LogP contribution in [0.25, 0.3) is 0 Å². The predicted octanol–water partition coefficient (Wildman–Crippen LogP) is -0.0701. The van der Waals surface area contributed by atoms with E-state index in [0.717, 1.165) is 5.56 Å². The highest BCUT2D eigenvalue weighted by Crippen LogP contribution is 2.29. The lowest BCUT2D eigenvalue weighted by Gasteiger charge is -2.36. The molecule has 0 aromatic carbocycles. The summed E-state index contributed by atoms with van der Waals surface area (Å²) in [5, 5.41) is 2.74. The standard InChI is InChI=1S/C13H16N2O4/c1-18-12(17)13(8-19-9-13)11(16)15-6-4-10-3-2-5-14-7-10/h2-3,5,7H,4,6,8-9H2,1H3,(H,15,16). The second kappa shape index (κ2) is 5.79. The van der Waals surface area contributed by atoms with Crippen LogP contribution >= 0.6 is 0 Å². The van der Waals surface area contributed by atoms with E-state index < -0.39 is 11.4 Å². The van der Waals surface area contributed by atoms with Crippen LogP contribution in [0.15, 0.2) is 24.5 Å². The zero-order chi connectivity index (χ0) is 13.7. The van der Waals surface area contributed by atoms with Crippen molar-refractivity contribution in [2.75, 3.05) is 26.9 Å². The first kappa shape index (κ1) is 13.5. The number of nitrogens with one attached hydrogen (secondary N) is 1. The molecule has 1 aliphatic rings. The Kier molecular flexibility index (Phi) is 4.11. The van der Waals surface area contributed by atoms with Gasteiger partial charge in [0.15, 0.2) is 5.41 Å². The van der Waals surface area contributed by atoms with Gasteiger partial charge in [-0.15, -0.1) is 0 Å². The molecule has 19 heavy (non-hydrogen) atoms. The number of nitrogens with zero attached hydrogens (tertiary/aromatic N) is 1. The van der Waals surface area contributed by atoms with Gasteiger partial charge < -0.3 is 14.8 Å². The van der Waals surface area contributed by atoms with Crippen LogP contribution in [0.3, 0.4) is 0 Å². The van der Waals surface area contributed by atoms with Crippen molar-refractivity contribution in [1.29, 1.82) is 0 Å². The summed E-state index contributed by atoms with van der Waals surface area (Å²) in [4.78, 5) is 27.6. The molecule has 1 N–H and O–H groups in total. The van der Waals surface area contributed by atoms with E-state index in [2.05, 4.69) is 15.0 Å². The van der Waals surface area contributed by atoms with Crippen LogP contribution in [-0.2, 0) is 25.5 Å². The fourth-order valence-corrected chi connectivity index (χ4v) is 1.88. The van der Waals surface area contributed by atoms with E-state index in [1.165, 1.54) is 7.11 Å². The number of aromatic nitrogens is 1. The van der Waals surface area contributed by atoms with Gasteiger partial charge in [-0.1, -0.05) is 6.07 Å². The zero-order valence-corrected chi connectivity index (χ0v) is 10.7. The number of pyridine rings is 1. The third-order valence-corrected chi connectivity index (χ3v) is 3.13. The first-order valence-electron chi connectivity index (χ1n) is 6.02. The molecule has 0 unspecified atom stereocenters. The normalized spacial score (nSPS) is 16.3. The molecule has 0 bridgehead atoms. The molecule has 102 valence electrons. The highest BCUT2D eigenvalue weighted by atomic mass is 16.5. The van der Waals surface area contributed by atoms with E-state index >= 15 is 0 Å². The van der Waals surface area contributed by atoms with Gasteiger partial charge in [0.1, 0.15) is 0 Å². The van der Waals surface area contributed by atoms with Crippen LogP contribution in [0.2, 0.25) is 0 Å². The van der Waals surface area contributed by atoms with Crippen molar-refractivity contribution in [3.05, 3.63) is 30.1 Å². The van der Waals surface area contributed by atoms with E-state index in [-0.39, 0.29) is 19.1 Å². The fraction of sp³-hybridized carbons (Fsp3) is 0.462. The maximum absolute atomic E-state index is 12.0. The van der Waals surface area contributed by atoms with Gasteiger partial charge in [0.05, 0.1) is 20.3 Å². The average Bonchev–Trinajstić information content (AvgIpc) is 2.38. The van der Waals surface area contributed by atoms with Crippen molar-refractivity contribution in [2.24, 2.45) is 5.41 Å². The lowest BCUT2D eigenvalue weighted by atomic mass is 9.85. The summed E-state index contributed by atoms with van der Waals surface area (Å²) in [7, 11) is 1.27. The maximum Gasteiger partial charge on any atom is 0.326 e. The number of carbonyl (C=O) groups excluding carboxylic acids is 2. The molecule has 0 atom stereocenters. The lowest BCUT2D eigenvalue weighted by molar-refractivity contribution is -0.188. The summed E-state index contributed by atoms with van der Waals surface area (Å²) in [5.41, 5.74) is -0.135. The molecule has 2 heterocycles. The van der Waals surface area contributed by atoms with Crippen LogP contribution in [0.4, 0.5) is 0 Å². The molecule has 1 fully saturated rings. The Morgan fingerprint density at radius 1 is 1.53 bits per heavy atom. The van der Waals surface area contributed by atoms with Crippen molar-refractivity contribution >= 4 is 11.9 Å². The molecule has 6 nitrogen and oxygen atoms in total. The quantitative estimate of drug-likeness (QED) is 0.595. The van der Waals surface area contributed by atoms with Crippen LogP contribution in [0, 0.1) is 5.41 Å². The minimum absolute atomic E-state index is 0.0817. The molecule has 1 saturated heterocycles. The largest absolute Gasteiger partial charge is 0.468 e. The number of methoxy groups -OCH3 is 1. The van der Waals surface area contributed by atoms with Gasteiger partial charge in [-0.2, -0.15) is 0 Å². The molecule has 0 saturated carbocycles. The fourth-order valence-electron chi connectivity index (χ4n) is 1.88. The Bertz CT molecular complexity index is 457. The first-order valence-corrected chi connectivity index (χ1v) is 6.02. The number of amides is 1. The maximum atomic E-state index is 12.0. The average molecular weight is 264 g/mol. The molecule has 1 aromatic heterocycles. The number of rotatable bonds is 5. The van der Waals surface area contributed by atoms with Crippen molar-refractivity contribution < 1.29 is 19.1 Å². The second-order valence-corrected chi connectivity index (χ2v) is 4.43. The van der Waals surface area contributed by atoms with E-state index in [0.29, 0.717) is 13.0 Å². The van der Waals surface area contributed by atoms with Gasteiger partial charge in [-0.25, -0.2) is 0 Å². The minimum Gasteiger partial charge on any atom is -0.468 e. The Morgan fingerprint density at radius 2 is 2.32 bits per heavy atom. The van der Waals surface area contributed by atoms with Gasteiger partial charge in [0.25, 0.3) is 0 Å². The number of hydrogen-bond acceptors (Lipinski definition) is 5. The van der Waals surface area contributed by atoms with Crippen molar-refractivity contribution in [3.8, 4) is 0 Å². The Hall–Kier alpha value is -1.95. The zero-order valence-electron chi connectivity index (χ0n) is 10.7. The summed E-state index contributed by atoms with van der Waals surface area (Å²) in [5.74, 6) is -0.882. The van der Waals surface area contributed by atoms with E-state index in [1.807, 2.05) is 12.1 Å². The molecule has 0 aliphatic carbocycles. The summed E-state index contributed by atoms with van der Waals surface area (Å²) in [6.45, 7) is 0.611. The van der Waals surface area contributed by atoms with Gasteiger partial charge in [-0.3, -0.25) is 14.6 Å². The van der Waals surface area contributed by atoms with E-state index in [9.17, 15) is 9.59 Å². The second-order valence-electron chi connectivity index (χ2n) is 4.43. The number of esters is 1. The smallest absolute Gasteiger partial charge is 0.326 e. The van der Waals surface area contributed by atoms with Crippen LogP contribution < -0.4 is 5.32 Å². The van der Waals surface area contributed by atoms with E-state index in [4.69, 9.17) is 4.74 Å². The van der Waals surface area contributed by atoms with Crippen LogP contribution in [-0.4, -0.2) is 43.7 Å². The third kappa shape index (κ3) is 2.73. The molecule has 0 radical (unpaired) electrons. The minimum atomic E-state index is -1.16. The number of hydrogen-bond donors (Lipinski definition) is 1. The van der Waals surface area contributed by atoms with Gasteiger partial charge in [-0.05, 0) is 18.1 Å². The molecule has 1 amide bonds. The predicted molar refractivity (Wildman–Crippen MR) is 66.2 cm³/mol. The van der Waals surface area contributed by atoms with Crippen LogP contribution in [0.1, 0.15) is 5.56 Å². The van der Waals surface area contributed by atoms with Crippen molar-refractivity contribution in [2.45, 2.75) is 6.42 Å². The summed E-state index contributed by atoms with van der Waals surface area (Å²) < 4.78 is 9.63. The van der Waals surface area contributed by atoms with Crippen molar-refractivity contribution in [1.82, 2.24) is 10.3 Å². The summed E-state index contributed by atoms with van der Waals surface area (Å²) in [6.07, 6.45) is 4.10. The first-order chi connectivity index (χ1) is 9.19. The Morgan fingerprint density at radius 3 is 2.84 bits per heavy atom. The topological polar surface area (TPSA) is 77.5 Å². The highest BCUT2D eigenvalue weighted by molar-refractivity contribution is 6.03. The molecule has 2 rings (SSSR count). The molecular formula is C13H16N2O4. The monoisotopic (exact) mass is 264 g/mol. The molecule has 1 aromatic rings. The number of carbonyl (C=O) groups is 2. The molecule has 6 heteroatoms. The highest BCUT2D eigenvalue weighted by Gasteiger charge is 2.53. The van der Waals surface area contributed by atoms with Crippen LogP contribution in [0.5, 0.6) is 0 Å². The molecule has 1 aliphatic heterocycles. The third-order valence-electron chi connectivity index (χ3n) is 3.13. The number of ether oxygens (including phenoxy) is 2. The van der Waals surface area contributed by atoms with Crippen molar-refractivity contribution in [3.63, 3.8) is 0 Å². The van der Waals surface area contributed by atoms with Gasteiger partial charge >= 0.3 is 5.97 Å². The molecular weight excluding hydrogens is 248 g/mol. The summed E-state index contributed by atoms with van der Waals surface area (Å²) in [6, 6.07) is 3.77. The molecule has 0 spiro atoms. The lowest BCUT2D eigenvalue weighted by Crippen LogP contribution is -2.59. The Balaban J connectivity index is 1.86. The summed E-state index contributed by atoms with van der Waals surface area (Å²) >= 11 is 0.